The Bertz CT molecular complexity index is 1110. The first kappa shape index (κ1) is 38.8. The fourth-order valence-electron chi connectivity index (χ4n) is 2.46. The van der Waals surface area contributed by atoms with Crippen LogP contribution >= 0.6 is 8.03 Å². The Balaban J connectivity index is 0.000000899. The smallest absolute Gasteiger partial charge is 0.744 e. The van der Waals surface area contributed by atoms with Gasteiger partial charge in [-0.15, -0.1) is 0 Å². The molecule has 0 amide bonds. The second-order valence-electron chi connectivity index (χ2n) is 10.5. The van der Waals surface area contributed by atoms with Gasteiger partial charge in [0.25, 0.3) is 4.99 Å². The molecule has 0 bridgehead atoms. The summed E-state index contributed by atoms with van der Waals surface area (Å²) >= 11 is 0. The molecule has 0 aromatic heterocycles. The van der Waals surface area contributed by atoms with Gasteiger partial charge in [0.05, 0.1) is 10.8 Å². The third-order valence-corrected chi connectivity index (χ3v) is 7.95. The maximum atomic E-state index is 12.2. The number of ether oxygens (including phenoxy) is 3. The van der Waals surface area contributed by atoms with Gasteiger partial charge < -0.3 is 18.8 Å². The normalized spacial score (nSPS) is 12.7. The second-order valence-corrected chi connectivity index (χ2v) is 13.8. The van der Waals surface area contributed by atoms with Crippen molar-refractivity contribution in [1.29, 1.82) is 0 Å². The number of carbonyl (C=O) groups excluding carboxylic acids is 2. The molecule has 0 saturated heterocycles. The fraction of sp³-hybridized carbons (Fsp3) is 0.481. The molecule has 40 heavy (non-hydrogen) atoms. The Labute approximate surface area is 280 Å². The number of hydrogen-bond acceptors (Lipinski definition) is 10. The van der Waals surface area contributed by atoms with Crippen molar-refractivity contribution in [2.24, 2.45) is 10.8 Å². The SMILES string of the molecule is CCC[C@@H]([P+](=O)OC(OC(=O)C(C)(C)C)OC(=O)C(C)(C)C)S(=O)(=O)[O-].[K+].c1ccc(Oc2ccccc2)cc1. The quantitative estimate of drug-likeness (QED) is 0.127. The van der Waals surface area contributed by atoms with E-state index in [9.17, 15) is 27.1 Å². The molecule has 0 heterocycles. The molecule has 0 saturated carbocycles. The number of hydrogen-bond donors (Lipinski definition) is 0. The fourth-order valence-corrected chi connectivity index (χ4v) is 4.84. The van der Waals surface area contributed by atoms with Crippen molar-refractivity contribution in [3.63, 3.8) is 0 Å². The Morgan fingerprint density at radius 2 is 1.20 bits per heavy atom. The predicted molar refractivity (Wildman–Crippen MR) is 145 cm³/mol. The van der Waals surface area contributed by atoms with Crippen LogP contribution in [-0.4, -0.2) is 36.4 Å². The zero-order chi connectivity index (χ0) is 29.9. The predicted octanol–water partition coefficient (Wildman–Crippen LogP) is 3.36. The van der Waals surface area contributed by atoms with Gasteiger partial charge in [-0.25, -0.2) is 8.42 Å². The first-order valence-electron chi connectivity index (χ1n) is 12.2. The van der Waals surface area contributed by atoms with E-state index in [1.807, 2.05) is 60.7 Å². The van der Waals surface area contributed by atoms with Gasteiger partial charge in [-0.3, -0.25) is 9.59 Å². The Morgan fingerprint density at radius 3 is 1.50 bits per heavy atom. The van der Waals surface area contributed by atoms with Crippen LogP contribution in [0, 0.1) is 10.8 Å². The van der Waals surface area contributed by atoms with Gasteiger partial charge in [-0.05, 0) is 70.4 Å². The first-order chi connectivity index (χ1) is 17.9. The monoisotopic (exact) mass is 623 g/mol. The maximum absolute atomic E-state index is 12.2. The van der Waals surface area contributed by atoms with Gasteiger partial charge in [-0.1, -0.05) is 54.3 Å². The molecule has 216 valence electrons. The summed E-state index contributed by atoms with van der Waals surface area (Å²) < 4.78 is 66.3. The van der Waals surface area contributed by atoms with E-state index in [1.54, 1.807) is 6.92 Å². The van der Waals surface area contributed by atoms with Crippen molar-refractivity contribution in [2.45, 2.75) is 72.8 Å². The average molecular weight is 624 g/mol. The van der Waals surface area contributed by atoms with Crippen LogP contribution in [0.4, 0.5) is 0 Å². The Kier molecular flexibility index (Phi) is 17.1. The van der Waals surface area contributed by atoms with Crippen LogP contribution in [0.1, 0.15) is 61.3 Å². The Hall–Kier alpha value is -1.21. The summed E-state index contributed by atoms with van der Waals surface area (Å²) in [4.78, 5) is 22.2. The van der Waals surface area contributed by atoms with E-state index in [-0.39, 0.29) is 64.2 Å². The number of rotatable bonds is 10. The van der Waals surface area contributed by atoms with Crippen molar-refractivity contribution < 1.29 is 97.2 Å². The molecule has 0 aliphatic heterocycles. The molecule has 0 radical (unpaired) electrons. The van der Waals surface area contributed by atoms with Crippen LogP contribution in [0.25, 0.3) is 0 Å². The molecule has 0 N–H and O–H groups in total. The van der Waals surface area contributed by atoms with Crippen molar-refractivity contribution in [2.75, 3.05) is 0 Å². The molecule has 0 aliphatic rings. The van der Waals surface area contributed by atoms with Gasteiger partial charge >= 0.3 is 77.8 Å². The Morgan fingerprint density at radius 1 is 0.825 bits per heavy atom. The molecule has 2 aromatic rings. The third kappa shape index (κ3) is 15.1. The largest absolute Gasteiger partial charge is 1.00 e. The summed E-state index contributed by atoms with van der Waals surface area (Å²) in [5.41, 5.74) is -1.98. The number of para-hydroxylation sites is 2. The molecule has 0 fully saturated rings. The van der Waals surface area contributed by atoms with Crippen molar-refractivity contribution in [3.05, 3.63) is 60.7 Å². The maximum Gasteiger partial charge on any atom is 1.00 e. The van der Waals surface area contributed by atoms with Gasteiger partial charge in [0.15, 0.2) is 0 Å². The van der Waals surface area contributed by atoms with Gasteiger partial charge in [0, 0.05) is 6.42 Å². The first-order valence-corrected chi connectivity index (χ1v) is 14.9. The van der Waals surface area contributed by atoms with E-state index in [0.717, 1.165) is 11.5 Å². The summed E-state index contributed by atoms with van der Waals surface area (Å²) in [5, 5.41) is 0. The van der Waals surface area contributed by atoms with E-state index in [0.29, 0.717) is 0 Å². The van der Waals surface area contributed by atoms with Crippen LogP contribution in [-0.2, 0) is 38.3 Å². The topological polar surface area (TPSA) is 145 Å². The molecule has 0 aliphatic carbocycles. The van der Waals surface area contributed by atoms with E-state index in [2.05, 4.69) is 0 Å². The third-order valence-electron chi connectivity index (χ3n) is 4.65. The van der Waals surface area contributed by atoms with E-state index >= 15 is 0 Å². The van der Waals surface area contributed by atoms with Crippen LogP contribution in [0.5, 0.6) is 11.5 Å². The summed E-state index contributed by atoms with van der Waals surface area (Å²) in [6, 6.07) is 19.5. The molecule has 2 aromatic carbocycles. The standard InChI is InChI=1S/C15H27O9PS.C12H10O.K/c1-8-9-10(26(19,20)21)25(18)24-13(22-11(16)14(2,3)4)23-12(17)15(5,6)7;1-3-7-11(8-4-1)13-12-9-5-2-6-10-12;/h10,13H,8-9H2,1-7H3;1-10H;/q;;+1/t10-;;/m0../s1. The molecular formula is C27H37KO10PS+. The summed E-state index contributed by atoms with van der Waals surface area (Å²) in [7, 11) is -8.04. The van der Waals surface area contributed by atoms with E-state index < -0.39 is 52.4 Å². The summed E-state index contributed by atoms with van der Waals surface area (Å²) in [5.74, 6) is 0.0802. The molecule has 13 heteroatoms. The minimum absolute atomic E-state index is 0. The van der Waals surface area contributed by atoms with Crippen molar-refractivity contribution in [3.8, 4) is 11.5 Å². The summed E-state index contributed by atoms with van der Waals surface area (Å²) in [6.45, 7) is 8.73. The second kappa shape index (κ2) is 17.7. The van der Waals surface area contributed by atoms with Gasteiger partial charge in [0.2, 0.25) is 0 Å². The molecular weight excluding hydrogens is 586 g/mol. The molecule has 0 spiro atoms. The van der Waals surface area contributed by atoms with E-state index in [1.165, 1.54) is 41.5 Å². The average Bonchev–Trinajstić information content (AvgIpc) is 2.82. The minimum Gasteiger partial charge on any atom is -0.744 e. The minimum atomic E-state index is -4.93. The van der Waals surface area contributed by atoms with Gasteiger partial charge in [0.1, 0.15) is 21.6 Å². The van der Waals surface area contributed by atoms with Gasteiger partial charge in [-0.2, -0.15) is 0 Å². The molecule has 2 atom stereocenters. The molecule has 1 unspecified atom stereocenters. The van der Waals surface area contributed by atoms with Crippen LogP contribution in [0.3, 0.4) is 0 Å². The van der Waals surface area contributed by atoms with Crippen molar-refractivity contribution in [1.82, 2.24) is 0 Å². The van der Waals surface area contributed by atoms with Crippen LogP contribution in [0.2, 0.25) is 0 Å². The zero-order valence-corrected chi connectivity index (χ0v) is 29.1. The van der Waals surface area contributed by atoms with Crippen molar-refractivity contribution >= 4 is 30.1 Å². The van der Waals surface area contributed by atoms with Crippen LogP contribution in [0.15, 0.2) is 60.7 Å². The van der Waals surface area contributed by atoms with Crippen LogP contribution < -0.4 is 56.1 Å². The molecule has 2 rings (SSSR count). The van der Waals surface area contributed by atoms with E-state index in [4.69, 9.17) is 18.7 Å². The summed E-state index contributed by atoms with van der Waals surface area (Å²) in [6.07, 6.45) is 0.0407. The number of esters is 2. The number of benzene rings is 2. The molecule has 10 nitrogen and oxygen atoms in total. The number of carbonyl (C=O) groups is 2. The zero-order valence-electron chi connectivity index (χ0n) is 24.3.